The number of rotatable bonds is 5. The second kappa shape index (κ2) is 8.29. The molecule has 3 aromatic rings. The zero-order valence-electron chi connectivity index (χ0n) is 14.6. The number of thioether (sulfide) groups is 1. The number of benzene rings is 1. The number of sulfonamides is 1. The molecule has 1 N–H and O–H groups in total. The fraction of sp³-hybridized carbons (Fsp3) is 0.235. The summed E-state index contributed by atoms with van der Waals surface area (Å²) in [7, 11) is -3.67. The Morgan fingerprint density at radius 2 is 1.86 bits per heavy atom. The van der Waals surface area contributed by atoms with Crippen molar-refractivity contribution < 1.29 is 13.2 Å². The fourth-order valence-corrected chi connectivity index (χ4v) is 7.13. The fourth-order valence-electron chi connectivity index (χ4n) is 2.79. The Balaban J connectivity index is 1.52. The maximum Gasteiger partial charge on any atom is 0.267 e. The first-order chi connectivity index (χ1) is 13.6. The Bertz CT molecular complexity index is 1060. The Labute approximate surface area is 175 Å². The van der Waals surface area contributed by atoms with E-state index in [0.29, 0.717) is 18.8 Å². The predicted molar refractivity (Wildman–Crippen MR) is 114 cm³/mol. The van der Waals surface area contributed by atoms with Crippen molar-refractivity contribution in [1.29, 1.82) is 0 Å². The lowest BCUT2D eigenvalue weighted by atomic mass is 10.1. The lowest BCUT2D eigenvalue weighted by Crippen LogP contribution is -2.38. The molecule has 146 valence electrons. The summed E-state index contributed by atoms with van der Waals surface area (Å²) in [5.41, 5.74) is 2.26. The first-order valence-electron chi connectivity index (χ1n) is 8.40. The number of amides is 1. The summed E-state index contributed by atoms with van der Waals surface area (Å²) in [5.74, 6) is 1.11. The number of carbonyl (C=O) groups is 1. The molecule has 0 spiro atoms. The zero-order chi connectivity index (χ0) is 19.6. The Hall–Kier alpha value is -1.79. The molecule has 11 heteroatoms. The molecule has 7 nitrogen and oxygen atoms in total. The number of carbonyl (C=O) groups excluding carboxylic acids is 1. The average Bonchev–Trinajstić information content (AvgIpc) is 3.42. The monoisotopic (exact) mass is 452 g/mol. The third kappa shape index (κ3) is 3.98. The lowest BCUT2D eigenvalue weighted by Gasteiger charge is -2.25. The molecule has 1 aliphatic heterocycles. The Morgan fingerprint density at radius 1 is 1.11 bits per heavy atom. The zero-order valence-corrected chi connectivity index (χ0v) is 17.8. The molecule has 1 fully saturated rings. The van der Waals surface area contributed by atoms with E-state index in [-0.39, 0.29) is 9.77 Å². The van der Waals surface area contributed by atoms with Crippen LogP contribution in [0.3, 0.4) is 0 Å². The topological polar surface area (TPSA) is 92.3 Å². The number of anilines is 1. The van der Waals surface area contributed by atoms with Crippen LogP contribution in [0.2, 0.25) is 0 Å². The highest BCUT2D eigenvalue weighted by Gasteiger charge is 2.31. The molecule has 2 aromatic heterocycles. The van der Waals surface area contributed by atoms with Gasteiger partial charge in [0.05, 0.1) is 0 Å². The molecule has 1 amide bonds. The summed E-state index contributed by atoms with van der Waals surface area (Å²) in [4.78, 5) is 13.0. The highest BCUT2D eigenvalue weighted by atomic mass is 32.2. The van der Waals surface area contributed by atoms with Crippen LogP contribution < -0.4 is 5.32 Å². The van der Waals surface area contributed by atoms with Gasteiger partial charge in [-0.3, -0.25) is 4.79 Å². The van der Waals surface area contributed by atoms with E-state index >= 15 is 0 Å². The number of hydrogen-bond donors (Lipinski definition) is 1. The third-order valence-corrected chi connectivity index (χ3v) is 8.65. The van der Waals surface area contributed by atoms with Gasteiger partial charge >= 0.3 is 0 Å². The number of thiophene rings is 1. The smallest absolute Gasteiger partial charge is 0.267 e. The summed E-state index contributed by atoms with van der Waals surface area (Å²) < 4.78 is 31.2. The quantitative estimate of drug-likeness (QED) is 0.639. The molecule has 3 heterocycles. The van der Waals surface area contributed by atoms with Gasteiger partial charge in [0.15, 0.2) is 0 Å². The SMILES string of the molecule is O=C(Nc1ccc(-c2csnn2)cc1)c1sccc1S(=O)(=O)N1CCSCC1. The number of nitrogens with one attached hydrogen (secondary N) is 1. The van der Waals surface area contributed by atoms with Gasteiger partial charge < -0.3 is 5.32 Å². The third-order valence-electron chi connectivity index (χ3n) is 4.22. The highest BCUT2D eigenvalue weighted by Crippen LogP contribution is 2.28. The molecule has 1 aliphatic rings. The van der Waals surface area contributed by atoms with Crippen LogP contribution in [-0.2, 0) is 10.0 Å². The van der Waals surface area contributed by atoms with Gasteiger partial charge in [-0.1, -0.05) is 16.6 Å². The maximum absolute atomic E-state index is 12.9. The van der Waals surface area contributed by atoms with E-state index in [4.69, 9.17) is 0 Å². The molecule has 1 saturated heterocycles. The van der Waals surface area contributed by atoms with Crippen LogP contribution in [0.4, 0.5) is 5.69 Å². The molecule has 0 aliphatic carbocycles. The van der Waals surface area contributed by atoms with Crippen molar-refractivity contribution in [3.8, 4) is 11.3 Å². The first kappa shape index (κ1) is 19.5. The van der Waals surface area contributed by atoms with Crippen LogP contribution in [0.15, 0.2) is 46.0 Å². The van der Waals surface area contributed by atoms with E-state index in [2.05, 4.69) is 14.9 Å². The van der Waals surface area contributed by atoms with Crippen LogP contribution in [0.1, 0.15) is 9.67 Å². The normalized spacial score (nSPS) is 15.4. The number of hydrogen-bond acceptors (Lipinski definition) is 8. The molecule has 0 atom stereocenters. The lowest BCUT2D eigenvalue weighted by molar-refractivity contribution is 0.102. The van der Waals surface area contributed by atoms with Crippen molar-refractivity contribution >= 4 is 56.2 Å². The molecule has 28 heavy (non-hydrogen) atoms. The van der Waals surface area contributed by atoms with E-state index in [1.54, 1.807) is 29.3 Å². The maximum atomic E-state index is 12.9. The van der Waals surface area contributed by atoms with Crippen LogP contribution in [-0.4, -0.2) is 52.8 Å². The van der Waals surface area contributed by atoms with Crippen LogP contribution in [0, 0.1) is 0 Å². The van der Waals surface area contributed by atoms with Crippen molar-refractivity contribution in [1.82, 2.24) is 13.9 Å². The van der Waals surface area contributed by atoms with Crippen molar-refractivity contribution in [3.05, 3.63) is 46.0 Å². The van der Waals surface area contributed by atoms with E-state index in [1.165, 1.54) is 21.9 Å². The summed E-state index contributed by atoms with van der Waals surface area (Å²) in [5, 5.41) is 10.3. The molecule has 1 aromatic carbocycles. The summed E-state index contributed by atoms with van der Waals surface area (Å²) in [6.45, 7) is 0.938. The van der Waals surface area contributed by atoms with Crippen molar-refractivity contribution in [2.45, 2.75) is 4.90 Å². The van der Waals surface area contributed by atoms with Crippen LogP contribution in [0.5, 0.6) is 0 Å². The molecular formula is C17H16N4O3S4. The summed E-state index contributed by atoms with van der Waals surface area (Å²) in [6, 6.07) is 8.70. The second-order valence-corrected chi connectivity index (χ2v) is 10.6. The minimum Gasteiger partial charge on any atom is -0.321 e. The number of nitrogens with zero attached hydrogens (tertiary/aromatic N) is 3. The van der Waals surface area contributed by atoms with Crippen molar-refractivity contribution in [2.75, 3.05) is 29.9 Å². The van der Waals surface area contributed by atoms with Gasteiger partial charge in [-0.2, -0.15) is 16.1 Å². The number of aromatic nitrogens is 2. The Kier molecular flexibility index (Phi) is 5.78. The van der Waals surface area contributed by atoms with E-state index in [1.807, 2.05) is 17.5 Å². The molecule has 4 rings (SSSR count). The van der Waals surface area contributed by atoms with E-state index in [0.717, 1.165) is 34.1 Å². The minimum atomic E-state index is -3.67. The molecule has 0 bridgehead atoms. The molecule has 0 radical (unpaired) electrons. The van der Waals surface area contributed by atoms with Gasteiger partial charge in [-0.05, 0) is 35.1 Å². The largest absolute Gasteiger partial charge is 0.321 e. The molecular weight excluding hydrogens is 436 g/mol. The van der Waals surface area contributed by atoms with Gasteiger partial charge in [0.25, 0.3) is 5.91 Å². The first-order valence-corrected chi connectivity index (χ1v) is 12.7. The van der Waals surface area contributed by atoms with E-state index < -0.39 is 15.9 Å². The molecule has 0 unspecified atom stereocenters. The van der Waals surface area contributed by atoms with Gasteiger partial charge in [-0.25, -0.2) is 8.42 Å². The average molecular weight is 453 g/mol. The van der Waals surface area contributed by atoms with E-state index in [9.17, 15) is 13.2 Å². The second-order valence-electron chi connectivity index (χ2n) is 5.95. The predicted octanol–water partition coefficient (Wildman–Crippen LogP) is 3.26. The van der Waals surface area contributed by atoms with Gasteiger partial charge in [0.1, 0.15) is 15.5 Å². The standard InChI is InChI=1S/C17H16N4O3S4/c22-17(18-13-3-1-12(2-4-13)14-11-27-20-19-14)16-15(5-8-26-16)28(23,24)21-6-9-25-10-7-21/h1-5,8,11H,6-7,9-10H2,(H,18,22). The van der Waals surface area contributed by atoms with Crippen LogP contribution >= 0.6 is 34.6 Å². The van der Waals surface area contributed by atoms with Crippen molar-refractivity contribution in [3.63, 3.8) is 0 Å². The summed E-state index contributed by atoms with van der Waals surface area (Å²) in [6.07, 6.45) is 0. The van der Waals surface area contributed by atoms with Gasteiger partial charge in [0, 0.05) is 41.2 Å². The highest BCUT2D eigenvalue weighted by molar-refractivity contribution is 7.99. The van der Waals surface area contributed by atoms with Crippen LogP contribution in [0.25, 0.3) is 11.3 Å². The van der Waals surface area contributed by atoms with Gasteiger partial charge in [0.2, 0.25) is 10.0 Å². The summed E-state index contributed by atoms with van der Waals surface area (Å²) >= 11 is 4.13. The van der Waals surface area contributed by atoms with Crippen molar-refractivity contribution in [2.24, 2.45) is 0 Å². The van der Waals surface area contributed by atoms with Gasteiger partial charge in [-0.15, -0.1) is 16.4 Å². The minimum absolute atomic E-state index is 0.0760. The molecule has 0 saturated carbocycles. The Morgan fingerprint density at radius 3 is 2.54 bits per heavy atom.